The van der Waals surface area contributed by atoms with E-state index in [1.54, 1.807) is 6.92 Å². The Morgan fingerprint density at radius 1 is 1.40 bits per heavy atom. The molecule has 0 amide bonds. The second kappa shape index (κ2) is 6.79. The summed E-state index contributed by atoms with van der Waals surface area (Å²) in [4.78, 5) is 4.82. The first kappa shape index (κ1) is 15.6. The van der Waals surface area contributed by atoms with Crippen LogP contribution in [-0.4, -0.2) is 42.7 Å². The molecule has 0 aromatic heterocycles. The molecule has 1 saturated heterocycles. The lowest BCUT2D eigenvalue weighted by Crippen LogP contribution is -2.40. The number of rotatable bonds is 3. The molecule has 1 N–H and O–H groups in total. The molecule has 3 nitrogen and oxygen atoms in total. The van der Waals surface area contributed by atoms with Crippen LogP contribution in [0.5, 0.6) is 0 Å². The molecule has 0 aliphatic carbocycles. The molecule has 2 unspecified atom stereocenters. The number of hydrogen-bond acceptors (Lipinski definition) is 3. The molecule has 112 valence electrons. The van der Waals surface area contributed by atoms with Crippen LogP contribution in [0.1, 0.15) is 38.4 Å². The fourth-order valence-electron chi connectivity index (χ4n) is 2.93. The van der Waals surface area contributed by atoms with E-state index in [0.29, 0.717) is 6.04 Å². The smallest absolute Gasteiger partial charge is 0.0762 e. The van der Waals surface area contributed by atoms with Gasteiger partial charge < -0.3 is 14.9 Å². The molecule has 4 heteroatoms. The van der Waals surface area contributed by atoms with Gasteiger partial charge in [-0.25, -0.2) is 0 Å². The lowest BCUT2D eigenvalue weighted by molar-refractivity contribution is 0.199. The summed E-state index contributed by atoms with van der Waals surface area (Å²) in [6.07, 6.45) is 1.79. The number of aliphatic hydroxyl groups excluding tert-OH is 1. The number of nitrogens with zero attached hydrogens (tertiary/aromatic N) is 2. The summed E-state index contributed by atoms with van der Waals surface area (Å²) in [5, 5.41) is 10.4. The van der Waals surface area contributed by atoms with Crippen molar-refractivity contribution in [3.05, 3.63) is 28.8 Å². The van der Waals surface area contributed by atoms with Crippen LogP contribution in [0.3, 0.4) is 0 Å². The molecule has 1 fully saturated rings. The summed E-state index contributed by atoms with van der Waals surface area (Å²) in [6, 6.07) is 6.42. The summed E-state index contributed by atoms with van der Waals surface area (Å²) < 4.78 is 0. The van der Waals surface area contributed by atoms with Gasteiger partial charge in [-0.05, 0) is 51.1 Å². The van der Waals surface area contributed by atoms with Crippen LogP contribution in [0.25, 0.3) is 0 Å². The number of aliphatic hydroxyl groups is 1. The van der Waals surface area contributed by atoms with Gasteiger partial charge in [-0.1, -0.05) is 24.6 Å². The van der Waals surface area contributed by atoms with E-state index in [2.05, 4.69) is 29.8 Å². The van der Waals surface area contributed by atoms with Crippen molar-refractivity contribution in [3.8, 4) is 0 Å². The lowest BCUT2D eigenvalue weighted by atomic mass is 10.1. The van der Waals surface area contributed by atoms with Crippen molar-refractivity contribution >= 4 is 17.3 Å². The van der Waals surface area contributed by atoms with E-state index < -0.39 is 6.10 Å². The third-order valence-corrected chi connectivity index (χ3v) is 4.44. The number of anilines is 1. The predicted octanol–water partition coefficient (Wildman–Crippen LogP) is 3.31. The average molecular weight is 297 g/mol. The molecule has 1 heterocycles. The molecule has 0 bridgehead atoms. The highest BCUT2D eigenvalue weighted by molar-refractivity contribution is 6.33. The maximum atomic E-state index is 9.65. The van der Waals surface area contributed by atoms with Gasteiger partial charge in [0.2, 0.25) is 0 Å². The Morgan fingerprint density at radius 2 is 2.15 bits per heavy atom. The third kappa shape index (κ3) is 3.46. The van der Waals surface area contributed by atoms with Crippen LogP contribution in [0.15, 0.2) is 18.2 Å². The van der Waals surface area contributed by atoms with Crippen molar-refractivity contribution in [3.63, 3.8) is 0 Å². The van der Waals surface area contributed by atoms with Crippen LogP contribution in [0.2, 0.25) is 5.02 Å². The first-order valence-electron chi connectivity index (χ1n) is 7.45. The number of halogens is 1. The lowest BCUT2D eigenvalue weighted by Gasteiger charge is -2.33. The Labute approximate surface area is 127 Å². The predicted molar refractivity (Wildman–Crippen MR) is 85.6 cm³/mol. The molecule has 2 atom stereocenters. The maximum Gasteiger partial charge on any atom is 0.0762 e. The quantitative estimate of drug-likeness (QED) is 0.927. The minimum absolute atomic E-state index is 0.473. The highest BCUT2D eigenvalue weighted by Crippen LogP contribution is 2.32. The molecule has 1 aliphatic rings. The van der Waals surface area contributed by atoms with Crippen molar-refractivity contribution in [1.82, 2.24) is 4.90 Å². The molecule has 0 saturated carbocycles. The topological polar surface area (TPSA) is 26.7 Å². The monoisotopic (exact) mass is 296 g/mol. The summed E-state index contributed by atoms with van der Waals surface area (Å²) in [7, 11) is 2.18. The van der Waals surface area contributed by atoms with Gasteiger partial charge in [0.05, 0.1) is 16.8 Å². The zero-order valence-corrected chi connectivity index (χ0v) is 13.4. The third-order valence-electron chi connectivity index (χ3n) is 4.14. The zero-order valence-electron chi connectivity index (χ0n) is 12.6. The summed E-state index contributed by atoms with van der Waals surface area (Å²) in [6.45, 7) is 7.24. The van der Waals surface area contributed by atoms with Crippen molar-refractivity contribution in [2.45, 2.75) is 38.8 Å². The van der Waals surface area contributed by atoms with Crippen molar-refractivity contribution < 1.29 is 5.11 Å². The molecule has 2 rings (SSSR count). The molecular weight excluding hydrogens is 272 g/mol. The van der Waals surface area contributed by atoms with Crippen LogP contribution in [0.4, 0.5) is 5.69 Å². The average Bonchev–Trinajstić information content (AvgIpc) is 2.60. The Hall–Kier alpha value is -0.770. The van der Waals surface area contributed by atoms with Gasteiger partial charge in [0.15, 0.2) is 0 Å². The minimum atomic E-state index is -0.473. The van der Waals surface area contributed by atoms with Gasteiger partial charge in [-0.15, -0.1) is 0 Å². The fourth-order valence-corrected chi connectivity index (χ4v) is 3.22. The Balaban J connectivity index is 2.28. The minimum Gasteiger partial charge on any atom is -0.389 e. The summed E-state index contributed by atoms with van der Waals surface area (Å²) in [5.74, 6) is 0. The van der Waals surface area contributed by atoms with Crippen LogP contribution in [0, 0.1) is 0 Å². The van der Waals surface area contributed by atoms with Gasteiger partial charge in [0.25, 0.3) is 0 Å². The second-order valence-corrected chi connectivity index (χ2v) is 6.17. The van der Waals surface area contributed by atoms with E-state index >= 15 is 0 Å². The fraction of sp³-hybridized carbons (Fsp3) is 0.625. The summed E-state index contributed by atoms with van der Waals surface area (Å²) in [5.41, 5.74) is 1.97. The number of benzene rings is 1. The van der Waals surface area contributed by atoms with Gasteiger partial charge in [-0.2, -0.15) is 0 Å². The SMILES string of the molecule is CCC1CN(C)CCCN1c1ccc(C(C)O)cc1Cl. The summed E-state index contributed by atoms with van der Waals surface area (Å²) >= 11 is 6.45. The van der Waals surface area contributed by atoms with Crippen molar-refractivity contribution in [1.29, 1.82) is 0 Å². The van der Waals surface area contributed by atoms with Gasteiger partial charge in [0.1, 0.15) is 0 Å². The Morgan fingerprint density at radius 3 is 2.75 bits per heavy atom. The first-order valence-corrected chi connectivity index (χ1v) is 7.83. The molecule has 1 aromatic carbocycles. The van der Waals surface area contributed by atoms with E-state index in [9.17, 15) is 5.11 Å². The largest absolute Gasteiger partial charge is 0.389 e. The van der Waals surface area contributed by atoms with Gasteiger partial charge in [-0.3, -0.25) is 0 Å². The highest BCUT2D eigenvalue weighted by atomic mass is 35.5. The van der Waals surface area contributed by atoms with Crippen LogP contribution in [-0.2, 0) is 0 Å². The van der Waals surface area contributed by atoms with E-state index in [0.717, 1.165) is 48.7 Å². The highest BCUT2D eigenvalue weighted by Gasteiger charge is 2.23. The standard InChI is InChI=1S/C16H25ClN2O/c1-4-14-11-18(3)8-5-9-19(14)16-7-6-13(12(2)20)10-15(16)17/h6-7,10,12,14,20H,4-5,8-9,11H2,1-3H3. The maximum absolute atomic E-state index is 9.65. The van der Waals surface area contributed by atoms with Crippen LogP contribution < -0.4 is 4.90 Å². The van der Waals surface area contributed by atoms with Gasteiger partial charge in [0, 0.05) is 19.1 Å². The van der Waals surface area contributed by atoms with E-state index in [1.807, 2.05) is 12.1 Å². The van der Waals surface area contributed by atoms with E-state index in [-0.39, 0.29) is 0 Å². The Kier molecular flexibility index (Phi) is 5.30. The van der Waals surface area contributed by atoms with E-state index in [4.69, 9.17) is 11.6 Å². The normalized spacial score (nSPS) is 22.6. The Bertz CT molecular complexity index is 450. The molecule has 0 radical (unpaired) electrons. The van der Waals surface area contributed by atoms with Crippen molar-refractivity contribution in [2.24, 2.45) is 0 Å². The molecule has 1 aromatic rings. The van der Waals surface area contributed by atoms with Gasteiger partial charge >= 0.3 is 0 Å². The molecular formula is C16H25ClN2O. The van der Waals surface area contributed by atoms with Crippen molar-refractivity contribution in [2.75, 3.05) is 31.6 Å². The molecule has 20 heavy (non-hydrogen) atoms. The molecule has 1 aliphatic heterocycles. The number of likely N-dealkylation sites (N-methyl/N-ethyl adjacent to an activating group) is 1. The second-order valence-electron chi connectivity index (χ2n) is 5.76. The number of hydrogen-bond donors (Lipinski definition) is 1. The zero-order chi connectivity index (χ0) is 14.7. The molecule has 0 spiro atoms. The van der Waals surface area contributed by atoms with Crippen LogP contribution >= 0.6 is 11.6 Å². The van der Waals surface area contributed by atoms with E-state index in [1.165, 1.54) is 0 Å². The first-order chi connectivity index (χ1) is 9.52.